The van der Waals surface area contributed by atoms with E-state index >= 15 is 0 Å². The molecule has 0 saturated heterocycles. The van der Waals surface area contributed by atoms with Crippen LogP contribution in [-0.4, -0.2) is 63.2 Å². The molecule has 0 spiro atoms. The van der Waals surface area contributed by atoms with Gasteiger partial charge in [-0.15, -0.1) is 11.8 Å². The third-order valence-corrected chi connectivity index (χ3v) is 10.7. The molecule has 3 aromatic carbocycles. The van der Waals surface area contributed by atoms with E-state index < -0.39 is 28.5 Å². The molecule has 1 aliphatic rings. The lowest BCUT2D eigenvalue weighted by Crippen LogP contribution is -2.54. The van der Waals surface area contributed by atoms with Crippen LogP contribution in [0.1, 0.15) is 57.9 Å². The Morgan fingerprint density at radius 3 is 2.24 bits per heavy atom. The van der Waals surface area contributed by atoms with Crippen LogP contribution in [0.4, 0.5) is 5.69 Å². The van der Waals surface area contributed by atoms with E-state index in [-0.39, 0.29) is 29.1 Å². The smallest absolute Gasteiger partial charge is 0.264 e. The molecule has 0 bridgehead atoms. The van der Waals surface area contributed by atoms with E-state index in [2.05, 4.69) is 5.32 Å². The number of nitrogens with zero attached hydrogens (tertiary/aromatic N) is 2. The predicted molar refractivity (Wildman–Crippen MR) is 181 cm³/mol. The van der Waals surface area contributed by atoms with E-state index in [0.717, 1.165) is 40.4 Å². The summed E-state index contributed by atoms with van der Waals surface area (Å²) in [5, 5.41) is 3.19. The third-order valence-electron chi connectivity index (χ3n) is 8.18. The second kappa shape index (κ2) is 16.7. The molecule has 242 valence electrons. The number of hydrogen-bond donors (Lipinski definition) is 1. The van der Waals surface area contributed by atoms with E-state index in [9.17, 15) is 18.0 Å². The average Bonchev–Trinajstić information content (AvgIpc) is 3.06. The summed E-state index contributed by atoms with van der Waals surface area (Å²) in [6, 6.07) is 22.6. The Kier molecular flexibility index (Phi) is 12.8. The Bertz CT molecular complexity index is 1490. The maximum atomic E-state index is 14.4. The van der Waals surface area contributed by atoms with Gasteiger partial charge in [0, 0.05) is 17.5 Å². The van der Waals surface area contributed by atoms with E-state index in [0.29, 0.717) is 25.2 Å². The second-order valence-electron chi connectivity index (χ2n) is 11.2. The van der Waals surface area contributed by atoms with Crippen LogP contribution in [0.5, 0.6) is 5.75 Å². The number of amides is 2. The number of carbonyl (C=O) groups excluding carboxylic acids is 2. The van der Waals surface area contributed by atoms with Crippen LogP contribution in [0.25, 0.3) is 0 Å². The van der Waals surface area contributed by atoms with Gasteiger partial charge in [0.05, 0.1) is 17.2 Å². The number of hydrogen-bond acceptors (Lipinski definition) is 6. The lowest BCUT2D eigenvalue weighted by molar-refractivity contribution is -0.140. The van der Waals surface area contributed by atoms with Crippen molar-refractivity contribution in [1.29, 1.82) is 0 Å². The molecule has 4 rings (SSSR count). The van der Waals surface area contributed by atoms with E-state index in [1.807, 2.05) is 50.4 Å². The lowest BCUT2D eigenvalue weighted by atomic mass is 9.95. The van der Waals surface area contributed by atoms with Gasteiger partial charge < -0.3 is 15.0 Å². The predicted octanol–water partition coefficient (Wildman–Crippen LogP) is 6.30. The highest BCUT2D eigenvalue weighted by Gasteiger charge is 2.35. The zero-order chi connectivity index (χ0) is 32.2. The summed E-state index contributed by atoms with van der Waals surface area (Å²) in [4.78, 5) is 30.7. The molecule has 0 radical (unpaired) electrons. The molecule has 0 heterocycles. The van der Waals surface area contributed by atoms with Crippen molar-refractivity contribution in [3.05, 3.63) is 84.4 Å². The molecule has 2 amide bonds. The van der Waals surface area contributed by atoms with Gasteiger partial charge in [-0.25, -0.2) is 8.42 Å². The van der Waals surface area contributed by atoms with Crippen molar-refractivity contribution < 1.29 is 22.7 Å². The number of rotatable bonds is 15. The fraction of sp³-hybridized carbons (Fsp3) is 0.429. The molecule has 0 unspecified atom stereocenters. The molecular formula is C35H45N3O5S2. The maximum absolute atomic E-state index is 14.4. The summed E-state index contributed by atoms with van der Waals surface area (Å²) in [6.07, 6.45) is 8.01. The van der Waals surface area contributed by atoms with Crippen molar-refractivity contribution in [1.82, 2.24) is 10.2 Å². The summed E-state index contributed by atoms with van der Waals surface area (Å²) in [5.41, 5.74) is 1.29. The van der Waals surface area contributed by atoms with Crippen LogP contribution in [0.3, 0.4) is 0 Å². The monoisotopic (exact) mass is 651 g/mol. The van der Waals surface area contributed by atoms with Gasteiger partial charge in [-0.2, -0.15) is 0 Å². The Morgan fingerprint density at radius 2 is 1.60 bits per heavy atom. The third kappa shape index (κ3) is 9.04. The van der Waals surface area contributed by atoms with Crippen molar-refractivity contribution in [2.24, 2.45) is 0 Å². The molecule has 1 atom stereocenters. The van der Waals surface area contributed by atoms with Crippen molar-refractivity contribution >= 4 is 39.3 Å². The van der Waals surface area contributed by atoms with Gasteiger partial charge in [0.25, 0.3) is 10.0 Å². The van der Waals surface area contributed by atoms with Crippen LogP contribution in [-0.2, 0) is 26.0 Å². The fourth-order valence-electron chi connectivity index (χ4n) is 5.77. The van der Waals surface area contributed by atoms with Gasteiger partial charge in [-0.05, 0) is 80.8 Å². The highest BCUT2D eigenvalue weighted by Crippen LogP contribution is 2.33. The highest BCUT2D eigenvalue weighted by atomic mass is 32.2. The number of anilines is 1. The topological polar surface area (TPSA) is 96.0 Å². The number of thioether (sulfide) groups is 1. The zero-order valence-corrected chi connectivity index (χ0v) is 28.1. The Hall–Kier alpha value is -3.50. The summed E-state index contributed by atoms with van der Waals surface area (Å²) < 4.78 is 35.5. The van der Waals surface area contributed by atoms with E-state index in [4.69, 9.17) is 4.74 Å². The number of sulfonamides is 1. The normalized spacial score (nSPS) is 14.4. The summed E-state index contributed by atoms with van der Waals surface area (Å²) in [7, 11) is -4.19. The number of carbonyl (C=O) groups is 2. The Labute approximate surface area is 272 Å². The average molecular weight is 652 g/mol. The number of ether oxygens (including phenoxy) is 1. The summed E-state index contributed by atoms with van der Waals surface area (Å²) >= 11 is 1.51. The molecule has 0 aromatic heterocycles. The van der Waals surface area contributed by atoms with Gasteiger partial charge >= 0.3 is 0 Å². The van der Waals surface area contributed by atoms with Gasteiger partial charge in [0.15, 0.2) is 0 Å². The molecule has 0 aliphatic heterocycles. The van der Waals surface area contributed by atoms with Crippen LogP contribution in [0.15, 0.2) is 88.7 Å². The minimum atomic E-state index is -4.19. The van der Waals surface area contributed by atoms with Crippen LogP contribution < -0.4 is 14.4 Å². The van der Waals surface area contributed by atoms with Gasteiger partial charge in [-0.3, -0.25) is 13.9 Å². The lowest BCUT2D eigenvalue weighted by Gasteiger charge is -2.34. The molecule has 1 N–H and O–H groups in total. The number of nitrogens with one attached hydrogen (secondary N) is 1. The Morgan fingerprint density at radius 1 is 0.933 bits per heavy atom. The first-order valence-electron chi connectivity index (χ1n) is 15.8. The molecule has 1 fully saturated rings. The molecule has 1 aliphatic carbocycles. The minimum Gasteiger partial charge on any atom is -0.492 e. The Balaban J connectivity index is 1.71. The fourth-order valence-corrected chi connectivity index (χ4v) is 7.60. The summed E-state index contributed by atoms with van der Waals surface area (Å²) in [6.45, 7) is 3.81. The molecular weight excluding hydrogens is 607 g/mol. The van der Waals surface area contributed by atoms with Gasteiger partial charge in [0.2, 0.25) is 11.8 Å². The van der Waals surface area contributed by atoms with Crippen LogP contribution in [0.2, 0.25) is 0 Å². The van der Waals surface area contributed by atoms with E-state index in [1.54, 1.807) is 53.4 Å². The van der Waals surface area contributed by atoms with Crippen molar-refractivity contribution in [2.45, 2.75) is 80.7 Å². The quantitative estimate of drug-likeness (QED) is 0.194. The maximum Gasteiger partial charge on any atom is 0.264 e. The van der Waals surface area contributed by atoms with Crippen LogP contribution >= 0.6 is 11.8 Å². The number of para-hydroxylation sites is 2. The molecule has 8 nitrogen and oxygen atoms in total. The van der Waals surface area contributed by atoms with Crippen molar-refractivity contribution in [3.8, 4) is 5.75 Å². The van der Waals surface area contributed by atoms with Gasteiger partial charge in [0.1, 0.15) is 18.3 Å². The zero-order valence-electron chi connectivity index (χ0n) is 26.5. The minimum absolute atomic E-state index is 0.0670. The largest absolute Gasteiger partial charge is 0.492 e. The second-order valence-corrected chi connectivity index (χ2v) is 13.9. The molecule has 1 saturated carbocycles. The summed E-state index contributed by atoms with van der Waals surface area (Å²) in [5.74, 6) is -0.287. The van der Waals surface area contributed by atoms with Crippen molar-refractivity contribution in [2.75, 3.05) is 30.3 Å². The first kappa shape index (κ1) is 34.4. The first-order chi connectivity index (χ1) is 21.8. The SMILES string of the molecule is CCOc1ccccc1N(CC(=O)N(CCc1ccccc1)[C@@H](CC)C(=O)NC1CCCCC1)S(=O)(=O)c1ccc(SC)cc1. The van der Waals surface area contributed by atoms with E-state index in [1.165, 1.54) is 18.2 Å². The standard InChI is InChI=1S/C35H45N3O5S2/c1-4-31(35(40)36-28-16-10-7-11-17-28)37(25-24-27-14-8-6-9-15-27)34(39)26-38(32-18-12-13-19-33(32)43-5-2)45(41,42)30-22-20-29(44-3)21-23-30/h6,8-9,12-15,18-23,28,31H,4-5,7,10-11,16-17,24-26H2,1-3H3,(H,36,40)/t31-/m0/s1. The van der Waals surface area contributed by atoms with Gasteiger partial charge in [-0.1, -0.05) is 68.7 Å². The molecule has 3 aromatic rings. The molecule has 10 heteroatoms. The highest BCUT2D eigenvalue weighted by molar-refractivity contribution is 7.98. The van der Waals surface area contributed by atoms with Crippen molar-refractivity contribution in [3.63, 3.8) is 0 Å². The number of benzene rings is 3. The van der Waals surface area contributed by atoms with Crippen LogP contribution in [0, 0.1) is 0 Å². The molecule has 45 heavy (non-hydrogen) atoms. The first-order valence-corrected chi connectivity index (χ1v) is 18.5.